The zero-order valence-electron chi connectivity index (χ0n) is 10.3. The van der Waals surface area contributed by atoms with Crippen molar-refractivity contribution in [3.8, 4) is 0 Å². The molecule has 0 bridgehead atoms. The SMILES string of the molecule is C=NC(C)CN(C)CCN1CCCCC1. The van der Waals surface area contributed by atoms with E-state index in [1.54, 1.807) is 0 Å². The second kappa shape index (κ2) is 6.96. The van der Waals surface area contributed by atoms with Crippen molar-refractivity contribution in [2.45, 2.75) is 32.2 Å². The molecule has 3 nitrogen and oxygen atoms in total. The summed E-state index contributed by atoms with van der Waals surface area (Å²) in [5.41, 5.74) is 0. The zero-order chi connectivity index (χ0) is 11.1. The molecule has 0 N–H and O–H groups in total. The van der Waals surface area contributed by atoms with Gasteiger partial charge in [0.25, 0.3) is 0 Å². The highest BCUT2D eigenvalue weighted by Gasteiger charge is 2.11. The van der Waals surface area contributed by atoms with Crippen LogP contribution in [0.25, 0.3) is 0 Å². The van der Waals surface area contributed by atoms with E-state index in [1.165, 1.54) is 38.9 Å². The summed E-state index contributed by atoms with van der Waals surface area (Å²) in [5, 5.41) is 0. The van der Waals surface area contributed by atoms with Gasteiger partial charge in [-0.2, -0.15) is 0 Å². The smallest absolute Gasteiger partial charge is 0.0591 e. The van der Waals surface area contributed by atoms with E-state index in [-0.39, 0.29) is 0 Å². The Morgan fingerprint density at radius 3 is 2.60 bits per heavy atom. The Kier molecular flexibility index (Phi) is 5.88. The predicted octanol–water partition coefficient (Wildman–Crippen LogP) is 1.49. The first-order valence-corrected chi connectivity index (χ1v) is 6.09. The maximum absolute atomic E-state index is 4.02. The topological polar surface area (TPSA) is 18.8 Å². The molecular formula is C12H25N3. The Morgan fingerprint density at radius 1 is 1.33 bits per heavy atom. The number of hydrogen-bond acceptors (Lipinski definition) is 3. The monoisotopic (exact) mass is 211 g/mol. The molecule has 1 rings (SSSR count). The number of rotatable bonds is 6. The minimum absolute atomic E-state index is 0.358. The zero-order valence-corrected chi connectivity index (χ0v) is 10.3. The van der Waals surface area contributed by atoms with Gasteiger partial charge in [0, 0.05) is 19.6 Å². The van der Waals surface area contributed by atoms with Gasteiger partial charge in [0.2, 0.25) is 0 Å². The average molecular weight is 211 g/mol. The van der Waals surface area contributed by atoms with Crippen LogP contribution >= 0.6 is 0 Å². The summed E-state index contributed by atoms with van der Waals surface area (Å²) in [5.74, 6) is 0. The fourth-order valence-corrected chi connectivity index (χ4v) is 2.10. The summed E-state index contributed by atoms with van der Waals surface area (Å²) in [4.78, 5) is 8.95. The van der Waals surface area contributed by atoms with Crippen molar-refractivity contribution in [3.63, 3.8) is 0 Å². The molecular weight excluding hydrogens is 186 g/mol. The van der Waals surface area contributed by atoms with E-state index in [1.807, 2.05) is 0 Å². The van der Waals surface area contributed by atoms with Gasteiger partial charge in [0.15, 0.2) is 0 Å². The molecule has 0 radical (unpaired) electrons. The van der Waals surface area contributed by atoms with Crippen LogP contribution in [-0.2, 0) is 0 Å². The van der Waals surface area contributed by atoms with Crippen molar-refractivity contribution < 1.29 is 0 Å². The first-order chi connectivity index (χ1) is 7.22. The molecule has 1 fully saturated rings. The van der Waals surface area contributed by atoms with Crippen LogP contribution in [0.4, 0.5) is 0 Å². The van der Waals surface area contributed by atoms with Gasteiger partial charge in [0.05, 0.1) is 6.04 Å². The largest absolute Gasteiger partial charge is 0.303 e. The molecule has 3 heteroatoms. The van der Waals surface area contributed by atoms with Crippen molar-refractivity contribution in [2.24, 2.45) is 4.99 Å². The molecule has 1 heterocycles. The fraction of sp³-hybridized carbons (Fsp3) is 0.917. The normalized spacial score (nSPS) is 20.5. The van der Waals surface area contributed by atoms with E-state index in [9.17, 15) is 0 Å². The van der Waals surface area contributed by atoms with E-state index < -0.39 is 0 Å². The molecule has 1 saturated heterocycles. The van der Waals surface area contributed by atoms with Crippen molar-refractivity contribution in [3.05, 3.63) is 0 Å². The summed E-state index contributed by atoms with van der Waals surface area (Å²) >= 11 is 0. The van der Waals surface area contributed by atoms with Crippen molar-refractivity contribution in [1.29, 1.82) is 0 Å². The van der Waals surface area contributed by atoms with Gasteiger partial charge in [-0.15, -0.1) is 0 Å². The number of likely N-dealkylation sites (tertiary alicyclic amines) is 1. The van der Waals surface area contributed by atoms with E-state index in [2.05, 4.69) is 35.5 Å². The van der Waals surface area contributed by atoms with Crippen molar-refractivity contribution in [1.82, 2.24) is 9.80 Å². The maximum Gasteiger partial charge on any atom is 0.0591 e. The highest BCUT2D eigenvalue weighted by molar-refractivity contribution is 5.24. The van der Waals surface area contributed by atoms with E-state index in [4.69, 9.17) is 0 Å². The van der Waals surface area contributed by atoms with Gasteiger partial charge in [-0.05, 0) is 46.6 Å². The van der Waals surface area contributed by atoms with Crippen LogP contribution in [0.1, 0.15) is 26.2 Å². The van der Waals surface area contributed by atoms with Crippen LogP contribution in [0.5, 0.6) is 0 Å². The van der Waals surface area contributed by atoms with Gasteiger partial charge in [-0.3, -0.25) is 4.99 Å². The molecule has 1 aliphatic rings. The van der Waals surface area contributed by atoms with Gasteiger partial charge in [-0.1, -0.05) is 6.42 Å². The van der Waals surface area contributed by atoms with Crippen LogP contribution in [0.15, 0.2) is 4.99 Å². The lowest BCUT2D eigenvalue weighted by Crippen LogP contribution is -2.38. The number of aliphatic imine (C=N–C) groups is 1. The van der Waals surface area contributed by atoms with Gasteiger partial charge >= 0.3 is 0 Å². The molecule has 0 aliphatic carbocycles. The molecule has 1 aliphatic heterocycles. The highest BCUT2D eigenvalue weighted by atomic mass is 15.2. The molecule has 1 atom stereocenters. The highest BCUT2D eigenvalue weighted by Crippen LogP contribution is 2.07. The summed E-state index contributed by atoms with van der Waals surface area (Å²) in [6.07, 6.45) is 4.19. The Bertz CT molecular complexity index is 176. The molecule has 88 valence electrons. The number of likely N-dealkylation sites (N-methyl/N-ethyl adjacent to an activating group) is 1. The Balaban J connectivity index is 2.09. The van der Waals surface area contributed by atoms with Gasteiger partial charge in [0.1, 0.15) is 0 Å². The second-order valence-corrected chi connectivity index (χ2v) is 4.70. The molecule has 0 saturated carbocycles. The number of hydrogen-bond donors (Lipinski definition) is 0. The minimum Gasteiger partial charge on any atom is -0.303 e. The first-order valence-electron chi connectivity index (χ1n) is 6.09. The fourth-order valence-electron chi connectivity index (χ4n) is 2.10. The summed E-state index contributed by atoms with van der Waals surface area (Å²) in [6, 6.07) is 0.358. The van der Waals surface area contributed by atoms with E-state index in [0.29, 0.717) is 6.04 Å². The van der Waals surface area contributed by atoms with Crippen LogP contribution in [0.2, 0.25) is 0 Å². The van der Waals surface area contributed by atoms with Crippen molar-refractivity contribution >= 4 is 6.72 Å². The quantitative estimate of drug-likeness (QED) is 0.620. The predicted molar refractivity (Wildman–Crippen MR) is 66.8 cm³/mol. The lowest BCUT2D eigenvalue weighted by atomic mass is 10.1. The maximum atomic E-state index is 4.02. The molecule has 15 heavy (non-hydrogen) atoms. The third kappa shape index (κ3) is 5.28. The van der Waals surface area contributed by atoms with Crippen LogP contribution in [0, 0.1) is 0 Å². The molecule has 0 amide bonds. The van der Waals surface area contributed by atoms with Crippen LogP contribution in [0.3, 0.4) is 0 Å². The molecule has 0 aromatic carbocycles. The Hall–Kier alpha value is -0.410. The average Bonchev–Trinajstić information content (AvgIpc) is 2.27. The van der Waals surface area contributed by atoms with Crippen molar-refractivity contribution in [2.75, 3.05) is 39.8 Å². The first kappa shape index (κ1) is 12.7. The molecule has 1 unspecified atom stereocenters. The van der Waals surface area contributed by atoms with E-state index >= 15 is 0 Å². The molecule has 0 aromatic heterocycles. The summed E-state index contributed by atoms with van der Waals surface area (Å²) in [7, 11) is 2.17. The second-order valence-electron chi connectivity index (χ2n) is 4.70. The van der Waals surface area contributed by atoms with Crippen LogP contribution < -0.4 is 0 Å². The van der Waals surface area contributed by atoms with Gasteiger partial charge < -0.3 is 9.80 Å². The van der Waals surface area contributed by atoms with Gasteiger partial charge in [-0.25, -0.2) is 0 Å². The molecule has 0 spiro atoms. The standard InChI is InChI=1S/C12H25N3/c1-12(13-2)11-14(3)9-10-15-7-5-4-6-8-15/h12H,2,4-11H2,1,3H3. The Labute approximate surface area is 94.2 Å². The third-order valence-corrected chi connectivity index (χ3v) is 3.13. The summed E-state index contributed by atoms with van der Waals surface area (Å²) < 4.78 is 0. The number of nitrogens with zero attached hydrogens (tertiary/aromatic N) is 3. The summed E-state index contributed by atoms with van der Waals surface area (Å²) in [6.45, 7) is 11.7. The van der Waals surface area contributed by atoms with E-state index in [0.717, 1.165) is 13.1 Å². The molecule has 0 aromatic rings. The third-order valence-electron chi connectivity index (χ3n) is 3.13. The number of piperidine rings is 1. The Morgan fingerprint density at radius 2 is 2.00 bits per heavy atom. The lowest BCUT2D eigenvalue weighted by molar-refractivity contribution is 0.194. The minimum atomic E-state index is 0.358. The van der Waals surface area contributed by atoms with Crippen LogP contribution in [-0.4, -0.2) is 62.3 Å². The lowest BCUT2D eigenvalue weighted by Gasteiger charge is -2.28.